The Hall–Kier alpha value is -3.03. The van der Waals surface area contributed by atoms with Crippen LogP contribution in [0.15, 0.2) is 48.7 Å². The highest BCUT2D eigenvalue weighted by Gasteiger charge is 2.31. The van der Waals surface area contributed by atoms with Gasteiger partial charge in [0.25, 0.3) is 0 Å². The van der Waals surface area contributed by atoms with Crippen molar-refractivity contribution in [2.24, 2.45) is 5.92 Å². The van der Waals surface area contributed by atoms with Gasteiger partial charge in [0.1, 0.15) is 5.75 Å². The van der Waals surface area contributed by atoms with Crippen LogP contribution < -0.4 is 14.8 Å². The summed E-state index contributed by atoms with van der Waals surface area (Å²) in [6.07, 6.45) is 1.63. The predicted octanol–water partition coefficient (Wildman–Crippen LogP) is 4.10. The Balaban J connectivity index is 1.50. The zero-order valence-corrected chi connectivity index (χ0v) is 14.9. The second-order valence-electron chi connectivity index (χ2n) is 6.40. The molecule has 0 aliphatic heterocycles. The number of nitrogens with zero attached hydrogens (tertiary/aromatic N) is 1. The van der Waals surface area contributed by atoms with E-state index in [1.54, 1.807) is 24.4 Å². The number of carbonyl (C=O) groups excluding carboxylic acids is 1. The van der Waals surface area contributed by atoms with E-state index in [-0.39, 0.29) is 17.9 Å². The molecule has 0 bridgehead atoms. The Bertz CT molecular complexity index is 831. The van der Waals surface area contributed by atoms with E-state index in [1.807, 2.05) is 0 Å². The molecule has 0 radical (unpaired) electrons. The molecule has 5 nitrogen and oxygen atoms in total. The van der Waals surface area contributed by atoms with E-state index in [0.29, 0.717) is 18.4 Å². The first-order valence-electron chi connectivity index (χ1n) is 8.77. The molecule has 1 heterocycles. The molecule has 1 aromatic carbocycles. The molecule has 1 aliphatic rings. The molecule has 0 atom stereocenters. The number of ether oxygens (including phenoxy) is 2. The summed E-state index contributed by atoms with van der Waals surface area (Å²) in [6, 6.07) is 9.12. The standard InChI is InChI=1S/C20H19F3N2O3/c21-20(22,23)28-17-4-2-1-3-16(17)8-9-18(26)24-11-15-7-10-19(25-12-15)27-13-14-5-6-14/h1-4,7-10,12,14H,5-6,11,13H2,(H,24,26)/b9-8+. The number of pyridine rings is 1. The van der Waals surface area contributed by atoms with E-state index in [9.17, 15) is 18.0 Å². The summed E-state index contributed by atoms with van der Waals surface area (Å²) in [4.78, 5) is 16.1. The van der Waals surface area contributed by atoms with Crippen molar-refractivity contribution in [2.45, 2.75) is 25.7 Å². The van der Waals surface area contributed by atoms with Crippen LogP contribution in [0.5, 0.6) is 11.6 Å². The molecule has 1 fully saturated rings. The molecule has 0 saturated heterocycles. The average molecular weight is 392 g/mol. The largest absolute Gasteiger partial charge is 0.573 e. The average Bonchev–Trinajstić information content (AvgIpc) is 3.48. The number of para-hydroxylation sites is 1. The van der Waals surface area contributed by atoms with Gasteiger partial charge in [-0.2, -0.15) is 0 Å². The molecule has 8 heteroatoms. The minimum absolute atomic E-state index is 0.147. The highest BCUT2D eigenvalue weighted by Crippen LogP contribution is 2.29. The second kappa shape index (κ2) is 8.77. The highest BCUT2D eigenvalue weighted by molar-refractivity contribution is 5.92. The Morgan fingerprint density at radius 3 is 2.68 bits per heavy atom. The van der Waals surface area contributed by atoms with Gasteiger partial charge < -0.3 is 14.8 Å². The number of rotatable bonds is 8. The van der Waals surface area contributed by atoms with E-state index >= 15 is 0 Å². The first-order chi connectivity index (χ1) is 13.4. The second-order valence-corrected chi connectivity index (χ2v) is 6.40. The fourth-order valence-corrected chi connectivity index (χ4v) is 2.34. The van der Waals surface area contributed by atoms with Gasteiger partial charge in [0.15, 0.2) is 0 Å². The van der Waals surface area contributed by atoms with Crippen LogP contribution in [0.1, 0.15) is 24.0 Å². The van der Waals surface area contributed by atoms with Crippen molar-refractivity contribution in [3.05, 3.63) is 59.8 Å². The Morgan fingerprint density at radius 2 is 2.00 bits per heavy atom. The maximum atomic E-state index is 12.4. The Kier molecular flexibility index (Phi) is 6.18. The number of hydrogen-bond donors (Lipinski definition) is 1. The van der Waals surface area contributed by atoms with Crippen molar-refractivity contribution in [2.75, 3.05) is 6.61 Å². The number of benzene rings is 1. The maximum absolute atomic E-state index is 12.4. The van der Waals surface area contributed by atoms with Crippen LogP contribution in [0.4, 0.5) is 13.2 Å². The fourth-order valence-electron chi connectivity index (χ4n) is 2.34. The summed E-state index contributed by atoms with van der Waals surface area (Å²) >= 11 is 0. The molecule has 2 aromatic rings. The van der Waals surface area contributed by atoms with Crippen molar-refractivity contribution < 1.29 is 27.4 Å². The topological polar surface area (TPSA) is 60.5 Å². The SMILES string of the molecule is O=C(/C=C/c1ccccc1OC(F)(F)F)NCc1ccc(OCC2CC2)nc1. The van der Waals surface area contributed by atoms with E-state index in [0.717, 1.165) is 11.6 Å². The molecule has 1 aliphatic carbocycles. The van der Waals surface area contributed by atoms with E-state index < -0.39 is 12.3 Å². The molecule has 3 rings (SSSR count). The maximum Gasteiger partial charge on any atom is 0.573 e. The lowest BCUT2D eigenvalue weighted by Gasteiger charge is -2.11. The number of carbonyl (C=O) groups is 1. The molecule has 1 N–H and O–H groups in total. The van der Waals surface area contributed by atoms with Crippen LogP contribution in [-0.2, 0) is 11.3 Å². The van der Waals surface area contributed by atoms with E-state index in [1.165, 1.54) is 37.1 Å². The summed E-state index contributed by atoms with van der Waals surface area (Å²) < 4.78 is 46.7. The van der Waals surface area contributed by atoms with Gasteiger partial charge in [-0.25, -0.2) is 4.98 Å². The van der Waals surface area contributed by atoms with Gasteiger partial charge in [-0.05, 0) is 36.5 Å². The summed E-state index contributed by atoms with van der Waals surface area (Å²) in [5.74, 6) is 0.364. The summed E-state index contributed by atoms with van der Waals surface area (Å²) in [5.41, 5.74) is 0.926. The first kappa shape index (κ1) is 19.7. The molecule has 1 amide bonds. The van der Waals surface area contributed by atoms with Crippen LogP contribution in [0, 0.1) is 5.92 Å². The van der Waals surface area contributed by atoms with Gasteiger partial charge in [0, 0.05) is 30.4 Å². The third-order valence-corrected chi connectivity index (χ3v) is 3.99. The zero-order chi connectivity index (χ0) is 20.0. The van der Waals surface area contributed by atoms with Crippen molar-refractivity contribution in [1.29, 1.82) is 0 Å². The van der Waals surface area contributed by atoms with Crippen molar-refractivity contribution in [3.63, 3.8) is 0 Å². The van der Waals surface area contributed by atoms with Crippen LogP contribution >= 0.6 is 0 Å². The predicted molar refractivity (Wildman–Crippen MR) is 96.5 cm³/mol. The van der Waals surface area contributed by atoms with E-state index in [4.69, 9.17) is 4.74 Å². The van der Waals surface area contributed by atoms with Crippen LogP contribution in [0.3, 0.4) is 0 Å². The highest BCUT2D eigenvalue weighted by atomic mass is 19.4. The smallest absolute Gasteiger partial charge is 0.477 e. The first-order valence-corrected chi connectivity index (χ1v) is 8.77. The van der Waals surface area contributed by atoms with Crippen molar-refractivity contribution in [3.8, 4) is 11.6 Å². The summed E-state index contributed by atoms with van der Waals surface area (Å²) in [5, 5.41) is 2.65. The normalized spacial score (nSPS) is 14.1. The Morgan fingerprint density at radius 1 is 1.21 bits per heavy atom. The number of hydrogen-bond acceptors (Lipinski definition) is 4. The number of amides is 1. The van der Waals surface area contributed by atoms with Crippen molar-refractivity contribution in [1.82, 2.24) is 10.3 Å². The van der Waals surface area contributed by atoms with Gasteiger partial charge in [0.2, 0.25) is 11.8 Å². The summed E-state index contributed by atoms with van der Waals surface area (Å²) in [7, 11) is 0. The number of halogens is 3. The van der Waals surface area contributed by atoms with E-state index in [2.05, 4.69) is 15.0 Å². The van der Waals surface area contributed by atoms with Gasteiger partial charge in [0.05, 0.1) is 6.61 Å². The van der Waals surface area contributed by atoms with Gasteiger partial charge in [-0.15, -0.1) is 13.2 Å². The van der Waals surface area contributed by atoms with Gasteiger partial charge >= 0.3 is 6.36 Å². The molecule has 0 spiro atoms. The number of alkyl halides is 3. The molecule has 0 unspecified atom stereocenters. The molecular weight excluding hydrogens is 373 g/mol. The number of aromatic nitrogens is 1. The lowest BCUT2D eigenvalue weighted by Crippen LogP contribution is -2.20. The molecule has 28 heavy (non-hydrogen) atoms. The molecule has 1 aromatic heterocycles. The third kappa shape index (κ3) is 6.61. The number of nitrogens with one attached hydrogen (secondary N) is 1. The van der Waals surface area contributed by atoms with Crippen molar-refractivity contribution >= 4 is 12.0 Å². The summed E-state index contributed by atoms with van der Waals surface area (Å²) in [6.45, 7) is 0.910. The monoisotopic (exact) mass is 392 g/mol. The lowest BCUT2D eigenvalue weighted by atomic mass is 10.2. The van der Waals surface area contributed by atoms with Crippen LogP contribution in [0.2, 0.25) is 0 Å². The zero-order valence-electron chi connectivity index (χ0n) is 14.9. The van der Waals surface area contributed by atoms with Crippen LogP contribution in [-0.4, -0.2) is 23.9 Å². The minimum atomic E-state index is -4.80. The fraction of sp³-hybridized carbons (Fsp3) is 0.300. The Labute approximate surface area is 160 Å². The van der Waals surface area contributed by atoms with Crippen LogP contribution in [0.25, 0.3) is 6.08 Å². The quantitative estimate of drug-likeness (QED) is 0.688. The lowest BCUT2D eigenvalue weighted by molar-refractivity contribution is -0.274. The third-order valence-electron chi connectivity index (χ3n) is 3.99. The molecule has 1 saturated carbocycles. The molecule has 148 valence electrons. The molecular formula is C20H19F3N2O3. The van der Waals surface area contributed by atoms with Gasteiger partial charge in [-0.1, -0.05) is 24.3 Å². The van der Waals surface area contributed by atoms with Gasteiger partial charge in [-0.3, -0.25) is 4.79 Å². The minimum Gasteiger partial charge on any atom is -0.477 e.